The van der Waals surface area contributed by atoms with Crippen LogP contribution in [0.2, 0.25) is 0 Å². The first-order chi connectivity index (χ1) is 11.9. The number of aryl methyl sites for hydroxylation is 2. The van der Waals surface area contributed by atoms with E-state index in [1.54, 1.807) is 26.2 Å². The Kier molecular flexibility index (Phi) is 7.87. The predicted octanol–water partition coefficient (Wildman–Crippen LogP) is 4.43. The SMILES string of the molecule is CN(C)C=O.Cc1cc(Nc2cccc(O)c2)c2cccc(C)c2n1.Cl. The molecule has 138 valence electrons. The fourth-order valence-electron chi connectivity index (χ4n) is 2.36. The van der Waals surface area contributed by atoms with Crippen LogP contribution in [0.1, 0.15) is 11.3 Å². The maximum absolute atomic E-state index is 9.55. The second-order valence-electron chi connectivity index (χ2n) is 6.03. The Morgan fingerprint density at radius 1 is 1.08 bits per heavy atom. The highest BCUT2D eigenvalue weighted by Crippen LogP contribution is 2.29. The molecule has 2 aromatic carbocycles. The van der Waals surface area contributed by atoms with E-state index in [2.05, 4.69) is 29.4 Å². The molecular weight excluding hydrogens is 350 g/mol. The Balaban J connectivity index is 0.000000501. The summed E-state index contributed by atoms with van der Waals surface area (Å²) < 4.78 is 0. The van der Waals surface area contributed by atoms with E-state index in [0.29, 0.717) is 0 Å². The Labute approximate surface area is 160 Å². The minimum atomic E-state index is 0. The van der Waals surface area contributed by atoms with Crippen molar-refractivity contribution in [1.82, 2.24) is 9.88 Å². The summed E-state index contributed by atoms with van der Waals surface area (Å²) >= 11 is 0. The quantitative estimate of drug-likeness (QED) is 0.666. The number of halogens is 1. The van der Waals surface area contributed by atoms with Crippen molar-refractivity contribution in [2.45, 2.75) is 13.8 Å². The summed E-state index contributed by atoms with van der Waals surface area (Å²) in [6.45, 7) is 4.05. The number of para-hydroxylation sites is 1. The number of aromatic nitrogens is 1. The number of hydrogen-bond acceptors (Lipinski definition) is 4. The van der Waals surface area contributed by atoms with Crippen LogP contribution in [0.4, 0.5) is 11.4 Å². The Morgan fingerprint density at radius 2 is 1.73 bits per heavy atom. The molecule has 3 rings (SSSR count). The molecule has 26 heavy (non-hydrogen) atoms. The molecule has 6 heteroatoms. The zero-order chi connectivity index (χ0) is 18.4. The number of carbonyl (C=O) groups is 1. The van der Waals surface area contributed by atoms with E-state index < -0.39 is 0 Å². The first kappa shape index (κ1) is 21.3. The van der Waals surface area contributed by atoms with Gasteiger partial charge in [-0.2, -0.15) is 0 Å². The molecule has 0 saturated heterocycles. The predicted molar refractivity (Wildman–Crippen MR) is 110 cm³/mol. The molecule has 0 spiro atoms. The molecule has 1 heterocycles. The van der Waals surface area contributed by atoms with Crippen molar-refractivity contribution in [2.24, 2.45) is 0 Å². The number of nitrogens with zero attached hydrogens (tertiary/aromatic N) is 2. The maximum Gasteiger partial charge on any atom is 0.209 e. The molecule has 0 unspecified atom stereocenters. The molecule has 0 aliphatic rings. The minimum absolute atomic E-state index is 0. The van der Waals surface area contributed by atoms with Gasteiger partial charge in [0.2, 0.25) is 6.41 Å². The number of rotatable bonds is 3. The molecule has 1 amide bonds. The molecule has 0 fully saturated rings. The van der Waals surface area contributed by atoms with E-state index in [1.807, 2.05) is 31.2 Å². The zero-order valence-corrected chi connectivity index (χ0v) is 16.2. The van der Waals surface area contributed by atoms with E-state index in [4.69, 9.17) is 0 Å². The average Bonchev–Trinajstić information content (AvgIpc) is 2.56. The highest BCUT2D eigenvalue weighted by atomic mass is 35.5. The van der Waals surface area contributed by atoms with E-state index in [0.717, 1.165) is 39.9 Å². The van der Waals surface area contributed by atoms with Crippen molar-refractivity contribution >= 4 is 41.1 Å². The summed E-state index contributed by atoms with van der Waals surface area (Å²) in [6, 6.07) is 15.3. The highest BCUT2D eigenvalue weighted by molar-refractivity contribution is 5.94. The van der Waals surface area contributed by atoms with Gasteiger partial charge < -0.3 is 15.3 Å². The van der Waals surface area contributed by atoms with Gasteiger partial charge in [-0.25, -0.2) is 0 Å². The fraction of sp³-hybridized carbons (Fsp3) is 0.200. The first-order valence-corrected chi connectivity index (χ1v) is 7.95. The molecule has 0 aliphatic carbocycles. The number of benzene rings is 2. The number of amides is 1. The lowest BCUT2D eigenvalue weighted by Crippen LogP contribution is -2.06. The van der Waals surface area contributed by atoms with Crippen molar-refractivity contribution < 1.29 is 9.90 Å². The van der Waals surface area contributed by atoms with E-state index in [-0.39, 0.29) is 18.2 Å². The molecule has 0 atom stereocenters. The molecule has 2 N–H and O–H groups in total. The van der Waals surface area contributed by atoms with Crippen LogP contribution in [0.3, 0.4) is 0 Å². The van der Waals surface area contributed by atoms with Gasteiger partial charge in [-0.1, -0.05) is 24.3 Å². The number of pyridine rings is 1. The largest absolute Gasteiger partial charge is 0.508 e. The van der Waals surface area contributed by atoms with Crippen molar-refractivity contribution in [2.75, 3.05) is 19.4 Å². The van der Waals surface area contributed by atoms with Crippen LogP contribution >= 0.6 is 12.4 Å². The lowest BCUT2D eigenvalue weighted by atomic mass is 10.1. The smallest absolute Gasteiger partial charge is 0.209 e. The third kappa shape index (κ3) is 5.63. The van der Waals surface area contributed by atoms with Gasteiger partial charge in [0.25, 0.3) is 0 Å². The molecule has 0 radical (unpaired) electrons. The maximum atomic E-state index is 9.55. The summed E-state index contributed by atoms with van der Waals surface area (Å²) in [5, 5.41) is 14.0. The van der Waals surface area contributed by atoms with Gasteiger partial charge in [0.05, 0.1) is 5.52 Å². The number of hydrogen-bond donors (Lipinski definition) is 2. The van der Waals surface area contributed by atoms with E-state index >= 15 is 0 Å². The van der Waals surface area contributed by atoms with Crippen molar-refractivity contribution in [1.29, 1.82) is 0 Å². The molecule has 0 aliphatic heterocycles. The number of carbonyl (C=O) groups excluding carboxylic acids is 1. The molecule has 0 saturated carbocycles. The molecule has 3 aromatic rings. The Bertz CT molecular complexity index is 882. The minimum Gasteiger partial charge on any atom is -0.508 e. The standard InChI is InChI=1S/C17H16N2O.C3H7NO.ClH/c1-11-5-3-8-15-16(9-12(2)18-17(11)15)19-13-6-4-7-14(20)10-13;1-4(2)3-5;/h3-10,20H,1-2H3,(H,18,19);3H,1-2H3;1H. The van der Waals surface area contributed by atoms with Crippen LogP contribution in [-0.4, -0.2) is 35.5 Å². The molecular formula is C20H24ClN3O2. The summed E-state index contributed by atoms with van der Waals surface area (Å²) in [5.74, 6) is 0.251. The van der Waals surface area contributed by atoms with Crippen LogP contribution in [0.15, 0.2) is 48.5 Å². The van der Waals surface area contributed by atoms with Crippen LogP contribution in [0.25, 0.3) is 10.9 Å². The number of fused-ring (bicyclic) bond motifs is 1. The van der Waals surface area contributed by atoms with Gasteiger partial charge in [-0.05, 0) is 37.6 Å². The van der Waals surface area contributed by atoms with Gasteiger partial charge >= 0.3 is 0 Å². The monoisotopic (exact) mass is 373 g/mol. The van der Waals surface area contributed by atoms with Crippen molar-refractivity contribution in [3.63, 3.8) is 0 Å². The van der Waals surface area contributed by atoms with Crippen LogP contribution < -0.4 is 5.32 Å². The zero-order valence-electron chi connectivity index (χ0n) is 15.4. The average molecular weight is 374 g/mol. The number of anilines is 2. The van der Waals surface area contributed by atoms with Gasteiger partial charge in [-0.3, -0.25) is 9.78 Å². The summed E-state index contributed by atoms with van der Waals surface area (Å²) in [7, 11) is 3.38. The van der Waals surface area contributed by atoms with Crippen LogP contribution in [0, 0.1) is 13.8 Å². The second kappa shape index (κ2) is 9.63. The normalized spacial score (nSPS) is 9.54. The summed E-state index contributed by atoms with van der Waals surface area (Å²) in [5.41, 5.74) is 5.00. The molecule has 1 aromatic heterocycles. The number of aromatic hydroxyl groups is 1. The van der Waals surface area contributed by atoms with Gasteiger partial charge in [0, 0.05) is 42.6 Å². The van der Waals surface area contributed by atoms with Gasteiger partial charge in [0.1, 0.15) is 5.75 Å². The van der Waals surface area contributed by atoms with Crippen LogP contribution in [-0.2, 0) is 4.79 Å². The number of phenolic OH excluding ortho intramolecular Hbond substituents is 1. The van der Waals surface area contributed by atoms with E-state index in [1.165, 1.54) is 4.90 Å². The van der Waals surface area contributed by atoms with E-state index in [9.17, 15) is 9.90 Å². The summed E-state index contributed by atoms with van der Waals surface area (Å²) in [6.07, 6.45) is 0.750. The highest BCUT2D eigenvalue weighted by Gasteiger charge is 2.06. The summed E-state index contributed by atoms with van der Waals surface area (Å²) in [4.78, 5) is 15.5. The molecule has 0 bridgehead atoms. The lowest BCUT2D eigenvalue weighted by molar-refractivity contribution is -0.115. The second-order valence-corrected chi connectivity index (χ2v) is 6.03. The third-order valence-electron chi connectivity index (χ3n) is 3.51. The Morgan fingerprint density at radius 3 is 2.35 bits per heavy atom. The number of nitrogens with one attached hydrogen (secondary N) is 1. The molecule has 5 nitrogen and oxygen atoms in total. The fourth-order valence-corrected chi connectivity index (χ4v) is 2.36. The lowest BCUT2D eigenvalue weighted by Gasteiger charge is -2.12. The first-order valence-electron chi connectivity index (χ1n) is 7.95. The topological polar surface area (TPSA) is 65.5 Å². The van der Waals surface area contributed by atoms with Gasteiger partial charge in [-0.15, -0.1) is 12.4 Å². The van der Waals surface area contributed by atoms with Crippen molar-refractivity contribution in [3.05, 3.63) is 59.8 Å². The van der Waals surface area contributed by atoms with Gasteiger partial charge in [0.15, 0.2) is 0 Å². The van der Waals surface area contributed by atoms with Crippen LogP contribution in [0.5, 0.6) is 5.75 Å². The number of phenols is 1. The third-order valence-corrected chi connectivity index (χ3v) is 3.51. The Hall–Kier alpha value is -2.79. The van der Waals surface area contributed by atoms with Crippen molar-refractivity contribution in [3.8, 4) is 5.75 Å².